The molecule has 11 heteroatoms. The van der Waals surface area contributed by atoms with Crippen LogP contribution in [0.5, 0.6) is 5.75 Å². The van der Waals surface area contributed by atoms with Gasteiger partial charge in [-0.25, -0.2) is 0 Å². The first-order valence-corrected chi connectivity index (χ1v) is 10.9. The van der Waals surface area contributed by atoms with Crippen LogP contribution in [0.3, 0.4) is 0 Å². The van der Waals surface area contributed by atoms with Gasteiger partial charge in [0.25, 0.3) is 5.91 Å². The van der Waals surface area contributed by atoms with Crippen LogP contribution in [-0.2, 0) is 14.4 Å². The van der Waals surface area contributed by atoms with Crippen molar-refractivity contribution in [3.8, 4) is 5.75 Å². The van der Waals surface area contributed by atoms with Gasteiger partial charge in [0.1, 0.15) is 22.8 Å². The minimum atomic E-state index is -2.97. The average molecular weight is 486 g/mol. The molecule has 1 aromatic rings. The van der Waals surface area contributed by atoms with Crippen LogP contribution in [0.2, 0.25) is 0 Å². The van der Waals surface area contributed by atoms with E-state index < -0.39 is 87.2 Å². The summed E-state index contributed by atoms with van der Waals surface area (Å²) in [7, 11) is 2.87. The summed E-state index contributed by atoms with van der Waals surface area (Å²) >= 11 is 0. The standard InChI is InChI=1S/C24H26N2O9/c1-7-9-5-6-10(8(2)27)17(28)12(9)18(29)13-11(7)19(30)15-16(26(3)4)20(31)14(23(25)34)22(33)24(15,35)21(13)32/h5-7,11,15-16,19,28-30,33,35H,1-4H3,(H2,25,34)/t7-,11+,15+,16-,19-,24-/m0/s1. The highest BCUT2D eigenvalue weighted by molar-refractivity contribution is 6.24. The molecular weight excluding hydrogens is 460 g/mol. The van der Waals surface area contributed by atoms with E-state index in [-0.39, 0.29) is 11.1 Å². The molecule has 0 aromatic heterocycles. The Balaban J connectivity index is 2.07. The first-order valence-electron chi connectivity index (χ1n) is 10.9. The second-order valence-corrected chi connectivity index (χ2v) is 9.53. The van der Waals surface area contributed by atoms with Crippen molar-refractivity contribution < 1.29 is 44.7 Å². The molecule has 7 N–H and O–H groups in total. The maximum atomic E-state index is 13.8. The number of benzene rings is 1. The van der Waals surface area contributed by atoms with Gasteiger partial charge in [0.05, 0.1) is 29.2 Å². The van der Waals surface area contributed by atoms with E-state index in [1.165, 1.54) is 38.1 Å². The largest absolute Gasteiger partial charge is 0.508 e. The molecule has 3 aliphatic carbocycles. The van der Waals surface area contributed by atoms with Crippen molar-refractivity contribution in [3.63, 3.8) is 0 Å². The number of fused-ring (bicyclic) bond motifs is 3. The van der Waals surface area contributed by atoms with Crippen LogP contribution in [0.25, 0.3) is 5.76 Å². The molecule has 186 valence electrons. The molecule has 0 heterocycles. The maximum absolute atomic E-state index is 13.8. The van der Waals surface area contributed by atoms with Crippen molar-refractivity contribution >= 4 is 29.0 Å². The van der Waals surface area contributed by atoms with E-state index in [1.807, 2.05) is 0 Å². The van der Waals surface area contributed by atoms with E-state index in [2.05, 4.69) is 0 Å². The number of hydrogen-bond donors (Lipinski definition) is 6. The lowest BCUT2D eigenvalue weighted by atomic mass is 9.54. The Labute approximate surface area is 199 Å². The molecule has 3 aliphatic rings. The molecule has 6 atom stereocenters. The number of nitrogens with two attached hydrogens (primary N) is 1. The highest BCUT2D eigenvalue weighted by Crippen LogP contribution is 2.56. The molecule has 4 rings (SSSR count). The molecule has 1 fully saturated rings. The molecule has 1 amide bonds. The number of likely N-dealkylation sites (N-methyl/N-ethyl adjacent to an activating group) is 1. The van der Waals surface area contributed by atoms with Crippen molar-refractivity contribution in [1.82, 2.24) is 4.90 Å². The quantitative estimate of drug-likeness (QED) is 0.243. The second-order valence-electron chi connectivity index (χ2n) is 9.53. The third kappa shape index (κ3) is 2.95. The fourth-order valence-electron chi connectivity index (χ4n) is 5.90. The number of ketones is 3. The lowest BCUT2D eigenvalue weighted by Crippen LogP contribution is -2.70. The van der Waals surface area contributed by atoms with Crippen molar-refractivity contribution in [3.05, 3.63) is 45.7 Å². The Kier molecular flexibility index (Phi) is 5.43. The highest BCUT2D eigenvalue weighted by atomic mass is 16.4. The molecule has 0 unspecified atom stereocenters. The fourth-order valence-corrected chi connectivity index (χ4v) is 5.90. The predicted molar refractivity (Wildman–Crippen MR) is 120 cm³/mol. The van der Waals surface area contributed by atoms with Gasteiger partial charge in [-0.2, -0.15) is 0 Å². The summed E-state index contributed by atoms with van der Waals surface area (Å²) in [5.41, 5.74) is 0.816. The van der Waals surface area contributed by atoms with Crippen molar-refractivity contribution in [2.45, 2.75) is 37.5 Å². The fraction of sp³-hybridized carbons (Fsp3) is 0.417. The molecule has 0 spiro atoms. The topological polar surface area (TPSA) is 199 Å². The monoisotopic (exact) mass is 486 g/mol. The summed E-state index contributed by atoms with van der Waals surface area (Å²) in [5.74, 6) is -10.3. The van der Waals surface area contributed by atoms with Gasteiger partial charge in [0.15, 0.2) is 17.2 Å². The predicted octanol–water partition coefficient (Wildman–Crippen LogP) is -0.302. The molecule has 35 heavy (non-hydrogen) atoms. The Morgan fingerprint density at radius 2 is 1.71 bits per heavy atom. The number of carbonyl (C=O) groups excluding carboxylic acids is 4. The molecule has 11 nitrogen and oxygen atoms in total. The van der Waals surface area contributed by atoms with E-state index in [1.54, 1.807) is 6.92 Å². The number of nitrogens with zero attached hydrogens (tertiary/aromatic N) is 1. The summed E-state index contributed by atoms with van der Waals surface area (Å²) in [4.78, 5) is 52.1. The number of carbonyl (C=O) groups is 4. The van der Waals surface area contributed by atoms with Gasteiger partial charge in [-0.05, 0) is 38.6 Å². The smallest absolute Gasteiger partial charge is 0.255 e. The zero-order valence-corrected chi connectivity index (χ0v) is 19.4. The maximum Gasteiger partial charge on any atom is 0.255 e. The lowest BCUT2D eigenvalue weighted by Gasteiger charge is -2.53. The van der Waals surface area contributed by atoms with Gasteiger partial charge < -0.3 is 31.3 Å². The number of amides is 1. The Morgan fingerprint density at radius 1 is 1.11 bits per heavy atom. The molecule has 1 aromatic carbocycles. The first-order chi connectivity index (χ1) is 16.2. The molecule has 0 bridgehead atoms. The number of aromatic hydroxyl groups is 1. The summed E-state index contributed by atoms with van der Waals surface area (Å²) < 4.78 is 0. The summed E-state index contributed by atoms with van der Waals surface area (Å²) in [5, 5.41) is 55.8. The zero-order valence-electron chi connectivity index (χ0n) is 19.4. The average Bonchev–Trinajstić information content (AvgIpc) is 2.75. The number of hydrogen-bond acceptors (Lipinski definition) is 10. The van der Waals surface area contributed by atoms with Crippen LogP contribution >= 0.6 is 0 Å². The van der Waals surface area contributed by atoms with Gasteiger partial charge in [-0.1, -0.05) is 13.0 Å². The van der Waals surface area contributed by atoms with Crippen LogP contribution in [0, 0.1) is 11.8 Å². The lowest BCUT2D eigenvalue weighted by molar-refractivity contribution is -0.169. The minimum Gasteiger partial charge on any atom is -0.508 e. The highest BCUT2D eigenvalue weighted by Gasteiger charge is 2.68. The number of aliphatic hydroxyl groups excluding tert-OH is 3. The normalized spacial score (nSPS) is 32.4. The SMILES string of the molecule is CC(=O)c1ccc2c(c1O)C(O)=C1C(=O)[C@]3(O)C(O)=C(C(N)=O)C(=O)[C@@H](N(C)C)[C@@H]3[C@@H](O)[C@@H]1[C@H]2C. The third-order valence-electron chi connectivity index (χ3n) is 7.51. The molecule has 0 radical (unpaired) electrons. The summed E-state index contributed by atoms with van der Waals surface area (Å²) in [6.07, 6.45) is -1.67. The number of rotatable bonds is 3. The number of aliphatic hydroxyl groups is 4. The van der Waals surface area contributed by atoms with Crippen LogP contribution in [0.15, 0.2) is 29.0 Å². The molecule has 1 saturated carbocycles. The van der Waals surface area contributed by atoms with E-state index in [9.17, 15) is 44.7 Å². The van der Waals surface area contributed by atoms with E-state index in [0.717, 1.165) is 0 Å². The Morgan fingerprint density at radius 3 is 2.23 bits per heavy atom. The number of phenols is 1. The van der Waals surface area contributed by atoms with Crippen LogP contribution < -0.4 is 5.73 Å². The zero-order chi connectivity index (χ0) is 26.3. The van der Waals surface area contributed by atoms with Gasteiger partial charge in [-0.15, -0.1) is 0 Å². The molecule has 0 aliphatic heterocycles. The van der Waals surface area contributed by atoms with Crippen LogP contribution in [-0.4, -0.2) is 85.5 Å². The Hall–Kier alpha value is -3.54. The third-order valence-corrected chi connectivity index (χ3v) is 7.51. The van der Waals surface area contributed by atoms with Gasteiger partial charge in [0.2, 0.25) is 5.78 Å². The van der Waals surface area contributed by atoms with Crippen LogP contribution in [0.1, 0.15) is 41.3 Å². The summed E-state index contributed by atoms with van der Waals surface area (Å²) in [6.45, 7) is 2.82. The molecule has 0 saturated heterocycles. The van der Waals surface area contributed by atoms with Crippen molar-refractivity contribution in [1.29, 1.82) is 0 Å². The van der Waals surface area contributed by atoms with Crippen molar-refractivity contribution in [2.24, 2.45) is 17.6 Å². The minimum absolute atomic E-state index is 0.114. The summed E-state index contributed by atoms with van der Waals surface area (Å²) in [6, 6.07) is 1.43. The molecular formula is C24H26N2O9. The van der Waals surface area contributed by atoms with E-state index in [0.29, 0.717) is 5.56 Å². The van der Waals surface area contributed by atoms with E-state index in [4.69, 9.17) is 5.73 Å². The van der Waals surface area contributed by atoms with Gasteiger partial charge in [0, 0.05) is 11.5 Å². The van der Waals surface area contributed by atoms with Crippen LogP contribution in [0.4, 0.5) is 0 Å². The first kappa shape index (κ1) is 24.6. The van der Waals surface area contributed by atoms with E-state index >= 15 is 0 Å². The number of phenolic OH excluding ortho intramolecular Hbond substituents is 1. The second kappa shape index (κ2) is 7.74. The Bertz CT molecular complexity index is 1280. The van der Waals surface area contributed by atoms with Gasteiger partial charge in [-0.3, -0.25) is 24.1 Å². The van der Waals surface area contributed by atoms with Crippen molar-refractivity contribution in [2.75, 3.05) is 14.1 Å². The number of Topliss-reactive ketones (excluding diaryl/α,β-unsaturated/α-hetero) is 3. The number of primary amides is 1. The van der Waals surface area contributed by atoms with Gasteiger partial charge >= 0.3 is 0 Å².